The van der Waals surface area contributed by atoms with Crippen molar-refractivity contribution in [3.05, 3.63) is 35.5 Å². The number of methoxy groups -OCH3 is 1. The van der Waals surface area contributed by atoms with E-state index >= 15 is 0 Å². The number of anilines is 1. The van der Waals surface area contributed by atoms with Crippen LogP contribution in [0.2, 0.25) is 0 Å². The molecule has 1 heterocycles. The van der Waals surface area contributed by atoms with Gasteiger partial charge < -0.3 is 19.9 Å². The number of aromatic hydroxyl groups is 1. The van der Waals surface area contributed by atoms with E-state index in [2.05, 4.69) is 10.4 Å². The zero-order valence-corrected chi connectivity index (χ0v) is 13.7. The Morgan fingerprint density at radius 1 is 1.39 bits per heavy atom. The Hall–Kier alpha value is -2.54. The fourth-order valence-corrected chi connectivity index (χ4v) is 2.09. The number of nitrogens with one attached hydrogen (secondary N) is 1. The number of amides is 1. The quantitative estimate of drug-likeness (QED) is 0.851. The highest BCUT2D eigenvalue weighted by atomic mass is 16.5. The highest BCUT2D eigenvalue weighted by Crippen LogP contribution is 2.23. The van der Waals surface area contributed by atoms with Crippen molar-refractivity contribution in [1.82, 2.24) is 9.78 Å². The second-order valence-electron chi connectivity index (χ2n) is 5.35. The summed E-state index contributed by atoms with van der Waals surface area (Å²) in [5.41, 5.74) is 1.21. The number of phenolic OH excluding ortho intramolecular Hbond substituents is 1. The Morgan fingerprint density at radius 2 is 2.13 bits per heavy atom. The molecule has 0 saturated carbocycles. The van der Waals surface area contributed by atoms with Gasteiger partial charge in [0.1, 0.15) is 17.6 Å². The molecule has 7 heteroatoms. The summed E-state index contributed by atoms with van der Waals surface area (Å²) in [5.74, 6) is 0.433. The van der Waals surface area contributed by atoms with Crippen LogP contribution in [0.15, 0.2) is 24.3 Å². The minimum atomic E-state index is -0.372. The molecule has 1 amide bonds. The van der Waals surface area contributed by atoms with Gasteiger partial charge in [0.2, 0.25) is 0 Å². The highest BCUT2D eigenvalue weighted by molar-refractivity contribution is 6.04. The Labute approximate surface area is 134 Å². The predicted molar refractivity (Wildman–Crippen MR) is 86.0 cm³/mol. The molecule has 0 aliphatic rings. The Balaban J connectivity index is 2.14. The molecule has 0 saturated heterocycles. The minimum absolute atomic E-state index is 0.0468. The lowest BCUT2D eigenvalue weighted by Crippen LogP contribution is -2.18. The van der Waals surface area contributed by atoms with Gasteiger partial charge in [0, 0.05) is 37.5 Å². The van der Waals surface area contributed by atoms with E-state index < -0.39 is 0 Å². The van der Waals surface area contributed by atoms with Crippen molar-refractivity contribution in [2.24, 2.45) is 7.05 Å². The Bertz CT molecular complexity index is 677. The SMILES string of the molecule is COC[C@H](C)Oc1cc(O)cc(C(=O)Nc2cc(C)n(C)n2)c1. The van der Waals surface area contributed by atoms with Crippen LogP contribution >= 0.6 is 0 Å². The number of carbonyl (C=O) groups excluding carboxylic acids is 1. The zero-order chi connectivity index (χ0) is 17.0. The summed E-state index contributed by atoms with van der Waals surface area (Å²) in [6, 6.07) is 6.16. The third-order valence-electron chi connectivity index (χ3n) is 3.25. The molecule has 23 heavy (non-hydrogen) atoms. The molecule has 0 aliphatic heterocycles. The molecule has 1 atom stereocenters. The largest absolute Gasteiger partial charge is 0.508 e. The molecule has 2 N–H and O–H groups in total. The van der Waals surface area contributed by atoms with Crippen LogP contribution in [-0.4, -0.2) is 40.6 Å². The molecule has 0 bridgehead atoms. The standard InChI is InChI=1S/C16H21N3O4/c1-10-5-15(18-19(10)3)17-16(21)12-6-13(20)8-14(7-12)23-11(2)9-22-4/h5-8,11,20H,9H2,1-4H3,(H,17,18,21)/t11-/m0/s1. The van der Waals surface area contributed by atoms with Gasteiger partial charge in [-0.2, -0.15) is 5.10 Å². The summed E-state index contributed by atoms with van der Waals surface area (Å²) in [7, 11) is 3.37. The summed E-state index contributed by atoms with van der Waals surface area (Å²) in [4.78, 5) is 12.3. The number of nitrogens with zero attached hydrogens (tertiary/aromatic N) is 2. The van der Waals surface area contributed by atoms with E-state index in [0.717, 1.165) is 5.69 Å². The van der Waals surface area contributed by atoms with E-state index in [1.807, 2.05) is 13.8 Å². The van der Waals surface area contributed by atoms with E-state index in [4.69, 9.17) is 9.47 Å². The number of rotatable bonds is 6. The molecule has 2 rings (SSSR count). The maximum atomic E-state index is 12.3. The lowest BCUT2D eigenvalue weighted by Gasteiger charge is -2.14. The number of benzene rings is 1. The number of phenols is 1. The number of carbonyl (C=O) groups is 1. The van der Waals surface area contributed by atoms with Crippen molar-refractivity contribution in [1.29, 1.82) is 0 Å². The molecular weight excluding hydrogens is 298 g/mol. The van der Waals surface area contributed by atoms with Crippen molar-refractivity contribution < 1.29 is 19.4 Å². The van der Waals surface area contributed by atoms with Crippen LogP contribution in [0, 0.1) is 6.92 Å². The molecule has 1 aromatic heterocycles. The molecule has 0 spiro atoms. The smallest absolute Gasteiger partial charge is 0.257 e. The Morgan fingerprint density at radius 3 is 2.74 bits per heavy atom. The van der Waals surface area contributed by atoms with E-state index in [1.54, 1.807) is 31.0 Å². The molecular formula is C16H21N3O4. The van der Waals surface area contributed by atoms with Gasteiger partial charge in [0.25, 0.3) is 5.91 Å². The lowest BCUT2D eigenvalue weighted by atomic mass is 10.2. The summed E-state index contributed by atoms with van der Waals surface area (Å²) in [5, 5.41) is 16.6. The van der Waals surface area contributed by atoms with Gasteiger partial charge in [-0.25, -0.2) is 0 Å². The third-order valence-corrected chi connectivity index (χ3v) is 3.25. The van der Waals surface area contributed by atoms with E-state index in [0.29, 0.717) is 18.2 Å². The molecule has 1 aromatic carbocycles. The monoisotopic (exact) mass is 319 g/mol. The first-order valence-electron chi connectivity index (χ1n) is 7.20. The fourth-order valence-electron chi connectivity index (χ4n) is 2.09. The molecule has 0 aliphatic carbocycles. The topological polar surface area (TPSA) is 85.6 Å². The summed E-state index contributed by atoms with van der Waals surface area (Å²) in [6.45, 7) is 4.13. The fraction of sp³-hybridized carbons (Fsp3) is 0.375. The number of aryl methyl sites for hydroxylation is 2. The van der Waals surface area contributed by atoms with E-state index in [-0.39, 0.29) is 23.3 Å². The highest BCUT2D eigenvalue weighted by Gasteiger charge is 2.13. The first-order valence-corrected chi connectivity index (χ1v) is 7.20. The number of hydrogen-bond donors (Lipinski definition) is 2. The third kappa shape index (κ3) is 4.46. The average molecular weight is 319 g/mol. The van der Waals surface area contributed by atoms with Crippen molar-refractivity contribution in [3.8, 4) is 11.5 Å². The van der Waals surface area contributed by atoms with Crippen molar-refractivity contribution in [2.75, 3.05) is 19.0 Å². The van der Waals surface area contributed by atoms with Crippen LogP contribution in [-0.2, 0) is 11.8 Å². The normalized spacial score (nSPS) is 12.0. The van der Waals surface area contributed by atoms with Gasteiger partial charge in [-0.1, -0.05) is 0 Å². The molecule has 7 nitrogen and oxygen atoms in total. The van der Waals surface area contributed by atoms with Gasteiger partial charge in [-0.05, 0) is 26.0 Å². The number of ether oxygens (including phenoxy) is 2. The van der Waals surface area contributed by atoms with E-state index in [9.17, 15) is 9.90 Å². The maximum Gasteiger partial charge on any atom is 0.257 e. The number of aromatic nitrogens is 2. The number of hydrogen-bond acceptors (Lipinski definition) is 5. The van der Waals surface area contributed by atoms with Gasteiger partial charge in [0.05, 0.1) is 6.61 Å². The van der Waals surface area contributed by atoms with E-state index in [1.165, 1.54) is 12.1 Å². The van der Waals surface area contributed by atoms with Gasteiger partial charge in [0.15, 0.2) is 5.82 Å². The van der Waals surface area contributed by atoms with Crippen LogP contribution in [0.25, 0.3) is 0 Å². The van der Waals surface area contributed by atoms with Crippen molar-refractivity contribution in [2.45, 2.75) is 20.0 Å². The van der Waals surface area contributed by atoms with Crippen LogP contribution < -0.4 is 10.1 Å². The Kier molecular flexibility index (Phi) is 5.23. The summed E-state index contributed by atoms with van der Waals surface area (Å²) >= 11 is 0. The average Bonchev–Trinajstić information content (AvgIpc) is 2.76. The van der Waals surface area contributed by atoms with Gasteiger partial charge in [-0.3, -0.25) is 9.48 Å². The maximum absolute atomic E-state index is 12.3. The van der Waals surface area contributed by atoms with Gasteiger partial charge in [-0.15, -0.1) is 0 Å². The first kappa shape index (κ1) is 16.8. The second kappa shape index (κ2) is 7.15. The second-order valence-corrected chi connectivity index (χ2v) is 5.35. The minimum Gasteiger partial charge on any atom is -0.508 e. The molecule has 0 unspecified atom stereocenters. The van der Waals surface area contributed by atoms with Gasteiger partial charge >= 0.3 is 0 Å². The van der Waals surface area contributed by atoms with Crippen LogP contribution in [0.5, 0.6) is 11.5 Å². The van der Waals surface area contributed by atoms with Crippen molar-refractivity contribution in [3.63, 3.8) is 0 Å². The van der Waals surface area contributed by atoms with Crippen LogP contribution in [0.1, 0.15) is 23.0 Å². The van der Waals surface area contributed by atoms with Crippen LogP contribution in [0.3, 0.4) is 0 Å². The lowest BCUT2D eigenvalue weighted by molar-refractivity contribution is 0.0915. The molecule has 0 radical (unpaired) electrons. The first-order chi connectivity index (χ1) is 10.9. The van der Waals surface area contributed by atoms with Crippen molar-refractivity contribution >= 4 is 11.7 Å². The summed E-state index contributed by atoms with van der Waals surface area (Å²) in [6.07, 6.45) is -0.198. The zero-order valence-electron chi connectivity index (χ0n) is 13.7. The molecule has 2 aromatic rings. The van der Waals surface area contributed by atoms with Crippen LogP contribution in [0.4, 0.5) is 5.82 Å². The molecule has 0 fully saturated rings. The molecule has 124 valence electrons. The predicted octanol–water partition coefficient (Wildman–Crippen LogP) is 2.10. The summed E-state index contributed by atoms with van der Waals surface area (Å²) < 4.78 is 12.3.